The van der Waals surface area contributed by atoms with E-state index in [1.807, 2.05) is 24.3 Å². The standard InChI is InChI=1S/C16H12F2O/c17-12-5-6-14(15(18)9-12)16(19)8-11-7-10-3-1-2-4-13(10)11/h1-6,9,11H,7-8H2. The molecule has 0 fully saturated rings. The van der Waals surface area contributed by atoms with Crippen molar-refractivity contribution in [3.8, 4) is 0 Å². The van der Waals surface area contributed by atoms with E-state index in [-0.39, 0.29) is 23.7 Å². The number of benzene rings is 2. The number of Topliss-reactive ketones (excluding diaryl/α,β-unsaturated/α-hetero) is 1. The predicted octanol–water partition coefficient (Wildman–Crippen LogP) is 3.88. The Bertz CT molecular complexity index is 649. The van der Waals surface area contributed by atoms with Crippen LogP contribution in [0.15, 0.2) is 42.5 Å². The highest BCUT2D eigenvalue weighted by atomic mass is 19.1. The maximum Gasteiger partial charge on any atom is 0.166 e. The van der Waals surface area contributed by atoms with E-state index in [4.69, 9.17) is 0 Å². The minimum atomic E-state index is -0.780. The van der Waals surface area contributed by atoms with Crippen molar-refractivity contribution in [3.05, 3.63) is 70.8 Å². The molecule has 0 saturated heterocycles. The summed E-state index contributed by atoms with van der Waals surface area (Å²) in [5.74, 6) is -1.55. The largest absolute Gasteiger partial charge is 0.294 e. The lowest BCUT2D eigenvalue weighted by atomic mass is 9.74. The fourth-order valence-corrected chi connectivity index (χ4v) is 2.59. The van der Waals surface area contributed by atoms with Crippen LogP contribution >= 0.6 is 0 Å². The minimum Gasteiger partial charge on any atom is -0.294 e. The normalized spacial score (nSPS) is 16.6. The van der Waals surface area contributed by atoms with Crippen molar-refractivity contribution in [1.82, 2.24) is 0 Å². The van der Waals surface area contributed by atoms with Crippen LogP contribution in [0.25, 0.3) is 0 Å². The van der Waals surface area contributed by atoms with Crippen molar-refractivity contribution in [2.24, 2.45) is 0 Å². The van der Waals surface area contributed by atoms with E-state index in [1.165, 1.54) is 17.2 Å². The van der Waals surface area contributed by atoms with Gasteiger partial charge in [-0.3, -0.25) is 4.79 Å². The Labute approximate surface area is 109 Å². The maximum absolute atomic E-state index is 13.5. The van der Waals surface area contributed by atoms with E-state index in [1.54, 1.807) is 0 Å². The molecule has 1 atom stereocenters. The van der Waals surface area contributed by atoms with Gasteiger partial charge in [-0.15, -0.1) is 0 Å². The van der Waals surface area contributed by atoms with Gasteiger partial charge in [0.1, 0.15) is 11.6 Å². The lowest BCUT2D eigenvalue weighted by Gasteiger charge is -2.29. The first kappa shape index (κ1) is 12.0. The summed E-state index contributed by atoms with van der Waals surface area (Å²) in [6, 6.07) is 11.0. The van der Waals surface area contributed by atoms with Gasteiger partial charge in [0, 0.05) is 12.5 Å². The highest BCUT2D eigenvalue weighted by molar-refractivity contribution is 5.97. The number of carbonyl (C=O) groups excluding carboxylic acids is 1. The van der Waals surface area contributed by atoms with E-state index in [9.17, 15) is 13.6 Å². The highest BCUT2D eigenvalue weighted by Crippen LogP contribution is 2.38. The molecule has 1 aliphatic rings. The Hall–Kier alpha value is -2.03. The van der Waals surface area contributed by atoms with Gasteiger partial charge in [0.25, 0.3) is 0 Å². The van der Waals surface area contributed by atoms with Gasteiger partial charge in [-0.1, -0.05) is 24.3 Å². The molecule has 2 aromatic rings. The molecule has 19 heavy (non-hydrogen) atoms. The summed E-state index contributed by atoms with van der Waals surface area (Å²) in [5.41, 5.74) is 2.39. The van der Waals surface area contributed by atoms with Gasteiger partial charge in [0.05, 0.1) is 5.56 Å². The second-order valence-corrected chi connectivity index (χ2v) is 4.85. The Kier molecular flexibility index (Phi) is 2.90. The maximum atomic E-state index is 13.5. The van der Waals surface area contributed by atoms with Crippen LogP contribution in [0.2, 0.25) is 0 Å². The lowest BCUT2D eigenvalue weighted by Crippen LogP contribution is -2.20. The van der Waals surface area contributed by atoms with E-state index >= 15 is 0 Å². The number of rotatable bonds is 3. The van der Waals surface area contributed by atoms with E-state index in [0.717, 1.165) is 18.6 Å². The summed E-state index contributed by atoms with van der Waals surface area (Å²) in [7, 11) is 0. The molecule has 0 N–H and O–H groups in total. The zero-order valence-electron chi connectivity index (χ0n) is 10.2. The molecule has 0 amide bonds. The van der Waals surface area contributed by atoms with Gasteiger partial charge < -0.3 is 0 Å². The highest BCUT2D eigenvalue weighted by Gasteiger charge is 2.28. The molecule has 0 spiro atoms. The molecule has 3 heteroatoms. The van der Waals surface area contributed by atoms with Crippen LogP contribution in [0, 0.1) is 11.6 Å². The first-order valence-corrected chi connectivity index (χ1v) is 6.21. The summed E-state index contributed by atoms with van der Waals surface area (Å²) in [5, 5.41) is 0. The van der Waals surface area contributed by atoms with Crippen molar-refractivity contribution in [1.29, 1.82) is 0 Å². The van der Waals surface area contributed by atoms with Crippen LogP contribution in [-0.2, 0) is 6.42 Å². The molecule has 0 heterocycles. The zero-order valence-corrected chi connectivity index (χ0v) is 10.2. The van der Waals surface area contributed by atoms with Gasteiger partial charge in [-0.25, -0.2) is 8.78 Å². The van der Waals surface area contributed by atoms with Crippen molar-refractivity contribution in [2.75, 3.05) is 0 Å². The van der Waals surface area contributed by atoms with Crippen molar-refractivity contribution in [3.63, 3.8) is 0 Å². The number of hydrogen-bond acceptors (Lipinski definition) is 1. The average Bonchev–Trinajstić information content (AvgIpc) is 2.35. The summed E-state index contributed by atoms with van der Waals surface area (Å²) < 4.78 is 26.3. The Morgan fingerprint density at radius 1 is 1.16 bits per heavy atom. The van der Waals surface area contributed by atoms with E-state index < -0.39 is 11.6 Å². The second kappa shape index (κ2) is 4.57. The molecule has 1 unspecified atom stereocenters. The monoisotopic (exact) mass is 258 g/mol. The third-order valence-electron chi connectivity index (χ3n) is 3.62. The topological polar surface area (TPSA) is 17.1 Å². The Balaban J connectivity index is 1.77. The van der Waals surface area contributed by atoms with E-state index in [0.29, 0.717) is 0 Å². The zero-order chi connectivity index (χ0) is 13.4. The number of hydrogen-bond donors (Lipinski definition) is 0. The molecule has 0 radical (unpaired) electrons. The quantitative estimate of drug-likeness (QED) is 0.764. The number of carbonyl (C=O) groups is 1. The fraction of sp³-hybridized carbons (Fsp3) is 0.188. The van der Waals surface area contributed by atoms with Gasteiger partial charge >= 0.3 is 0 Å². The van der Waals surface area contributed by atoms with E-state index in [2.05, 4.69) is 0 Å². The van der Waals surface area contributed by atoms with Gasteiger partial charge in [0.15, 0.2) is 5.78 Å². The summed E-state index contributed by atoms with van der Waals surface area (Å²) in [6.07, 6.45) is 1.13. The van der Waals surface area contributed by atoms with Crippen molar-refractivity contribution < 1.29 is 13.6 Å². The molecule has 0 saturated carbocycles. The summed E-state index contributed by atoms with van der Waals surface area (Å²) in [6.45, 7) is 0. The lowest BCUT2D eigenvalue weighted by molar-refractivity contribution is 0.0966. The number of halogens is 2. The van der Waals surface area contributed by atoms with Gasteiger partial charge in [0.2, 0.25) is 0 Å². The predicted molar refractivity (Wildman–Crippen MR) is 68.2 cm³/mol. The molecule has 96 valence electrons. The summed E-state index contributed by atoms with van der Waals surface area (Å²) in [4.78, 5) is 12.0. The smallest absolute Gasteiger partial charge is 0.166 e. The number of fused-ring (bicyclic) bond motifs is 1. The van der Waals surface area contributed by atoms with Crippen LogP contribution in [0.1, 0.15) is 33.8 Å². The molecular weight excluding hydrogens is 246 g/mol. The number of ketones is 1. The first-order chi connectivity index (χ1) is 9.15. The van der Waals surface area contributed by atoms with Gasteiger partial charge in [-0.2, -0.15) is 0 Å². The fourth-order valence-electron chi connectivity index (χ4n) is 2.59. The second-order valence-electron chi connectivity index (χ2n) is 4.85. The van der Waals surface area contributed by atoms with Crippen LogP contribution in [0.3, 0.4) is 0 Å². The Morgan fingerprint density at radius 3 is 2.68 bits per heavy atom. The molecule has 0 bridgehead atoms. The van der Waals surface area contributed by atoms with Crippen molar-refractivity contribution in [2.45, 2.75) is 18.8 Å². The molecule has 3 rings (SSSR count). The molecule has 1 aliphatic carbocycles. The summed E-state index contributed by atoms with van der Waals surface area (Å²) >= 11 is 0. The third-order valence-corrected chi connectivity index (χ3v) is 3.62. The molecule has 0 aliphatic heterocycles. The third kappa shape index (κ3) is 2.16. The molecule has 2 aromatic carbocycles. The minimum absolute atomic E-state index is 0.0224. The average molecular weight is 258 g/mol. The molecule has 1 nitrogen and oxygen atoms in total. The SMILES string of the molecule is O=C(CC1Cc2ccccc21)c1ccc(F)cc1F. The molecule has 0 aromatic heterocycles. The first-order valence-electron chi connectivity index (χ1n) is 6.21. The van der Waals surface area contributed by atoms with Crippen LogP contribution in [0.5, 0.6) is 0 Å². The molecular formula is C16H12F2O. The van der Waals surface area contributed by atoms with Crippen LogP contribution in [0.4, 0.5) is 8.78 Å². The van der Waals surface area contributed by atoms with Crippen LogP contribution in [-0.4, -0.2) is 5.78 Å². The Morgan fingerprint density at radius 2 is 1.95 bits per heavy atom. The van der Waals surface area contributed by atoms with Crippen LogP contribution < -0.4 is 0 Å². The van der Waals surface area contributed by atoms with Crippen molar-refractivity contribution >= 4 is 5.78 Å². The van der Waals surface area contributed by atoms with Gasteiger partial charge in [-0.05, 0) is 35.6 Å².